The Morgan fingerprint density at radius 2 is 1.00 bits per heavy atom. The molecule has 3 aromatic rings. The van der Waals surface area contributed by atoms with E-state index in [2.05, 4.69) is 0 Å². The van der Waals surface area contributed by atoms with E-state index in [0.29, 0.717) is 24.0 Å². The predicted molar refractivity (Wildman–Crippen MR) is 98.9 cm³/mol. The molecule has 0 atom stereocenters. The highest BCUT2D eigenvalue weighted by Crippen LogP contribution is 2.23. The summed E-state index contributed by atoms with van der Waals surface area (Å²) in [6, 6.07) is 22.1. The van der Waals surface area contributed by atoms with E-state index in [0.717, 1.165) is 11.1 Å². The molecule has 0 spiro atoms. The predicted octanol–water partition coefficient (Wildman–Crippen LogP) is 4.26. The Morgan fingerprint density at radius 3 is 1.35 bits per heavy atom. The van der Waals surface area contributed by atoms with Crippen LogP contribution in [-0.4, -0.2) is 22.2 Å². The fourth-order valence-corrected chi connectivity index (χ4v) is 3.02. The van der Waals surface area contributed by atoms with Crippen molar-refractivity contribution in [2.24, 2.45) is 0 Å². The fourth-order valence-electron chi connectivity index (χ4n) is 3.02. The molecule has 130 valence electrons. The smallest absolute Gasteiger partial charge is 0.336 e. The Morgan fingerprint density at radius 1 is 0.615 bits per heavy atom. The fraction of sp³-hybridized carbons (Fsp3) is 0.0909. The molecule has 4 nitrogen and oxygen atoms in total. The molecule has 0 aliphatic heterocycles. The lowest BCUT2D eigenvalue weighted by Gasteiger charge is -2.13. The van der Waals surface area contributed by atoms with Gasteiger partial charge in [-0.2, -0.15) is 0 Å². The topological polar surface area (TPSA) is 74.6 Å². The van der Waals surface area contributed by atoms with Gasteiger partial charge in [0.1, 0.15) is 0 Å². The van der Waals surface area contributed by atoms with Gasteiger partial charge in [-0.25, -0.2) is 9.59 Å². The van der Waals surface area contributed by atoms with E-state index in [1.54, 1.807) is 6.07 Å². The second kappa shape index (κ2) is 7.66. The van der Waals surface area contributed by atoms with Gasteiger partial charge in [-0.1, -0.05) is 66.7 Å². The van der Waals surface area contributed by atoms with Crippen molar-refractivity contribution >= 4 is 11.9 Å². The molecule has 0 unspecified atom stereocenters. The van der Waals surface area contributed by atoms with Crippen LogP contribution in [0, 0.1) is 0 Å². The molecule has 0 radical (unpaired) electrons. The maximum atomic E-state index is 11.7. The van der Waals surface area contributed by atoms with Crippen LogP contribution in [0.2, 0.25) is 0 Å². The van der Waals surface area contributed by atoms with Gasteiger partial charge < -0.3 is 10.2 Å². The lowest BCUT2D eigenvalue weighted by molar-refractivity contribution is 0.0695. The number of carboxylic acid groups (broad SMARTS) is 2. The van der Waals surface area contributed by atoms with Crippen molar-refractivity contribution in [3.05, 3.63) is 106 Å². The molecule has 3 aromatic carbocycles. The molecule has 4 heteroatoms. The minimum absolute atomic E-state index is 0.0306. The number of aromatic carboxylic acids is 2. The minimum atomic E-state index is -1.12. The SMILES string of the molecule is O=C(O)c1cc(C(=O)O)c(Cc2ccccc2)cc1Cc1ccccc1. The third kappa shape index (κ3) is 3.98. The summed E-state index contributed by atoms with van der Waals surface area (Å²) < 4.78 is 0. The molecule has 0 fully saturated rings. The summed E-state index contributed by atoms with van der Waals surface area (Å²) in [7, 11) is 0. The zero-order valence-corrected chi connectivity index (χ0v) is 14.1. The quantitative estimate of drug-likeness (QED) is 0.699. The first-order chi connectivity index (χ1) is 12.5. The molecule has 2 N–H and O–H groups in total. The molecule has 0 amide bonds. The van der Waals surface area contributed by atoms with Gasteiger partial charge in [0.15, 0.2) is 0 Å². The molecule has 0 aromatic heterocycles. The Balaban J connectivity index is 2.08. The average molecular weight is 346 g/mol. The monoisotopic (exact) mass is 346 g/mol. The molecule has 0 aliphatic rings. The Labute approximate surface area is 151 Å². The molecule has 0 saturated heterocycles. The second-order valence-electron chi connectivity index (χ2n) is 6.10. The molecule has 26 heavy (non-hydrogen) atoms. The third-order valence-corrected chi connectivity index (χ3v) is 4.26. The van der Waals surface area contributed by atoms with Gasteiger partial charge in [0.2, 0.25) is 0 Å². The Kier molecular flexibility index (Phi) is 5.13. The lowest BCUT2D eigenvalue weighted by Crippen LogP contribution is -2.11. The molecule has 3 rings (SSSR count). The molecular weight excluding hydrogens is 328 g/mol. The van der Waals surface area contributed by atoms with Crippen LogP contribution in [-0.2, 0) is 12.8 Å². The third-order valence-electron chi connectivity index (χ3n) is 4.26. The van der Waals surface area contributed by atoms with Crippen molar-refractivity contribution in [3.63, 3.8) is 0 Å². The molecule has 0 heterocycles. The maximum absolute atomic E-state index is 11.7. The van der Waals surface area contributed by atoms with Crippen LogP contribution in [0.15, 0.2) is 72.8 Å². The van der Waals surface area contributed by atoms with Crippen LogP contribution < -0.4 is 0 Å². The average Bonchev–Trinajstić information content (AvgIpc) is 2.63. The van der Waals surface area contributed by atoms with Crippen molar-refractivity contribution in [2.45, 2.75) is 12.8 Å². The number of rotatable bonds is 6. The summed E-state index contributed by atoms with van der Waals surface area (Å²) >= 11 is 0. The van der Waals surface area contributed by atoms with Gasteiger partial charge in [-0.3, -0.25) is 0 Å². The van der Waals surface area contributed by atoms with E-state index in [1.165, 1.54) is 6.07 Å². The number of carbonyl (C=O) groups is 2. The van der Waals surface area contributed by atoms with Crippen molar-refractivity contribution in [3.8, 4) is 0 Å². The highest BCUT2D eigenvalue weighted by Gasteiger charge is 2.19. The standard InChI is InChI=1S/C22H18O4/c23-21(24)19-14-20(22(25)26)18(12-16-9-5-2-6-10-16)13-17(19)11-15-7-3-1-4-8-15/h1-10,13-14H,11-12H2,(H,23,24)(H,25,26). The number of carboxylic acids is 2. The van der Waals surface area contributed by atoms with E-state index < -0.39 is 11.9 Å². The summed E-state index contributed by atoms with van der Waals surface area (Å²) in [5.74, 6) is -2.24. The highest BCUT2D eigenvalue weighted by molar-refractivity contribution is 5.96. The second-order valence-corrected chi connectivity index (χ2v) is 6.10. The minimum Gasteiger partial charge on any atom is -0.478 e. The Bertz CT molecular complexity index is 856. The summed E-state index contributed by atoms with van der Waals surface area (Å²) in [4.78, 5) is 23.3. The highest BCUT2D eigenvalue weighted by atomic mass is 16.4. The largest absolute Gasteiger partial charge is 0.478 e. The van der Waals surface area contributed by atoms with Crippen LogP contribution >= 0.6 is 0 Å². The van der Waals surface area contributed by atoms with Crippen LogP contribution in [0.3, 0.4) is 0 Å². The van der Waals surface area contributed by atoms with Crippen LogP contribution in [0.1, 0.15) is 43.0 Å². The molecule has 0 bridgehead atoms. The normalized spacial score (nSPS) is 10.5. The first kappa shape index (κ1) is 17.4. The van der Waals surface area contributed by atoms with Gasteiger partial charge in [0, 0.05) is 0 Å². The summed E-state index contributed by atoms with van der Waals surface area (Å²) in [5.41, 5.74) is 3.23. The van der Waals surface area contributed by atoms with Gasteiger partial charge in [0.25, 0.3) is 0 Å². The van der Waals surface area contributed by atoms with Crippen molar-refractivity contribution in [2.75, 3.05) is 0 Å². The van der Waals surface area contributed by atoms with Crippen LogP contribution in [0.25, 0.3) is 0 Å². The Hall–Kier alpha value is -3.40. The maximum Gasteiger partial charge on any atom is 0.336 e. The van der Waals surface area contributed by atoms with Crippen LogP contribution in [0.4, 0.5) is 0 Å². The zero-order chi connectivity index (χ0) is 18.5. The first-order valence-electron chi connectivity index (χ1n) is 8.25. The van der Waals surface area contributed by atoms with Gasteiger partial charge in [-0.05, 0) is 41.2 Å². The molecule has 0 aliphatic carbocycles. The number of hydrogen-bond acceptors (Lipinski definition) is 2. The number of benzene rings is 3. The first-order valence-corrected chi connectivity index (χ1v) is 8.25. The van der Waals surface area contributed by atoms with Gasteiger partial charge in [0.05, 0.1) is 11.1 Å². The molecular formula is C22H18O4. The summed E-state index contributed by atoms with van der Waals surface area (Å²) in [6.45, 7) is 0. The lowest BCUT2D eigenvalue weighted by atomic mass is 9.91. The molecule has 0 saturated carbocycles. The van der Waals surface area contributed by atoms with E-state index in [-0.39, 0.29) is 11.1 Å². The number of hydrogen-bond donors (Lipinski definition) is 2. The van der Waals surface area contributed by atoms with Gasteiger partial charge >= 0.3 is 11.9 Å². The van der Waals surface area contributed by atoms with Crippen LogP contribution in [0.5, 0.6) is 0 Å². The van der Waals surface area contributed by atoms with Crippen molar-refractivity contribution in [1.29, 1.82) is 0 Å². The van der Waals surface area contributed by atoms with E-state index in [4.69, 9.17) is 0 Å². The summed E-state index contributed by atoms with van der Waals surface area (Å²) in [5, 5.41) is 19.1. The van der Waals surface area contributed by atoms with Crippen molar-refractivity contribution < 1.29 is 19.8 Å². The van der Waals surface area contributed by atoms with Gasteiger partial charge in [-0.15, -0.1) is 0 Å². The van der Waals surface area contributed by atoms with E-state index in [9.17, 15) is 19.8 Å². The summed E-state index contributed by atoms with van der Waals surface area (Å²) in [6.07, 6.45) is 0.869. The zero-order valence-electron chi connectivity index (χ0n) is 14.1. The van der Waals surface area contributed by atoms with E-state index >= 15 is 0 Å². The van der Waals surface area contributed by atoms with Crippen molar-refractivity contribution in [1.82, 2.24) is 0 Å². The van der Waals surface area contributed by atoms with E-state index in [1.807, 2.05) is 60.7 Å².